The average molecular weight is 369 g/mol. The summed E-state index contributed by atoms with van der Waals surface area (Å²) in [6.45, 7) is 1.89. The zero-order valence-corrected chi connectivity index (χ0v) is 14.5. The normalized spacial score (nSPS) is 17.4. The molecule has 0 aliphatic carbocycles. The first-order chi connectivity index (χ1) is 13.0. The van der Waals surface area contributed by atoms with Gasteiger partial charge in [0.05, 0.1) is 23.4 Å². The van der Waals surface area contributed by atoms with Gasteiger partial charge in [-0.2, -0.15) is 0 Å². The predicted octanol–water partition coefficient (Wildman–Crippen LogP) is 4.54. The number of aromatic nitrogens is 2. The van der Waals surface area contributed by atoms with Crippen LogP contribution in [0, 0.1) is 11.6 Å². The van der Waals surface area contributed by atoms with Crippen molar-refractivity contribution in [1.29, 1.82) is 0 Å². The summed E-state index contributed by atoms with van der Waals surface area (Å²) in [5.74, 6) is -3.06. The van der Waals surface area contributed by atoms with Crippen LogP contribution in [0.1, 0.15) is 31.4 Å². The van der Waals surface area contributed by atoms with E-state index < -0.39 is 29.3 Å². The first kappa shape index (κ1) is 17.2. The van der Waals surface area contributed by atoms with Crippen molar-refractivity contribution in [2.45, 2.75) is 25.8 Å². The Balaban J connectivity index is 1.90. The van der Waals surface area contributed by atoms with Crippen LogP contribution in [0.25, 0.3) is 11.0 Å². The Morgan fingerprint density at radius 1 is 1.26 bits per heavy atom. The summed E-state index contributed by atoms with van der Waals surface area (Å²) in [6, 6.07) is 8.05. The van der Waals surface area contributed by atoms with Crippen molar-refractivity contribution in [2.75, 3.05) is 4.90 Å². The zero-order chi connectivity index (χ0) is 19.1. The minimum atomic E-state index is -1.02. The Morgan fingerprint density at radius 3 is 2.85 bits per heavy atom. The number of H-pyrrole nitrogens is 1. The van der Waals surface area contributed by atoms with Crippen LogP contribution >= 0.6 is 0 Å². The third-order valence-corrected chi connectivity index (χ3v) is 4.79. The van der Waals surface area contributed by atoms with Gasteiger partial charge in [0, 0.05) is 16.8 Å². The fraction of sp³-hybridized carbons (Fsp3) is 0.200. The molecule has 0 saturated carbocycles. The van der Waals surface area contributed by atoms with Gasteiger partial charge in [0.2, 0.25) is 0 Å². The number of fused-ring (bicyclic) bond motifs is 1. The molecule has 7 heteroatoms. The van der Waals surface area contributed by atoms with E-state index in [1.807, 2.05) is 6.92 Å². The summed E-state index contributed by atoms with van der Waals surface area (Å²) in [5.41, 5.74) is 2.27. The number of anilines is 1. The van der Waals surface area contributed by atoms with Gasteiger partial charge >= 0.3 is 0 Å². The quantitative estimate of drug-likeness (QED) is 0.709. The highest BCUT2D eigenvalue weighted by molar-refractivity contribution is 6.09. The monoisotopic (exact) mass is 369 g/mol. The number of imidazole rings is 1. The molecule has 27 heavy (non-hydrogen) atoms. The van der Waals surface area contributed by atoms with Crippen LogP contribution in [0.5, 0.6) is 0 Å². The SMILES string of the molecule is CCCC1=C(O)C(=O)N(c2ccc3nc[nH]c3c2)C1c1cccc(F)c1F. The molecule has 1 amide bonds. The fourth-order valence-corrected chi connectivity index (χ4v) is 3.58. The van der Waals surface area contributed by atoms with Crippen molar-refractivity contribution in [1.82, 2.24) is 9.97 Å². The number of nitrogens with one attached hydrogen (secondary N) is 1. The van der Waals surface area contributed by atoms with E-state index >= 15 is 0 Å². The predicted molar refractivity (Wildman–Crippen MR) is 97.2 cm³/mol. The minimum absolute atomic E-state index is 0.0144. The zero-order valence-electron chi connectivity index (χ0n) is 14.5. The van der Waals surface area contributed by atoms with Crippen LogP contribution in [-0.4, -0.2) is 21.0 Å². The maximum atomic E-state index is 14.6. The molecular formula is C20H17F2N3O2. The van der Waals surface area contributed by atoms with Crippen LogP contribution < -0.4 is 4.90 Å². The summed E-state index contributed by atoms with van der Waals surface area (Å²) in [4.78, 5) is 21.2. The molecule has 1 aliphatic rings. The van der Waals surface area contributed by atoms with Crippen LogP contribution in [0.2, 0.25) is 0 Å². The molecule has 2 heterocycles. The maximum absolute atomic E-state index is 14.6. The summed E-state index contributed by atoms with van der Waals surface area (Å²) in [5, 5.41) is 10.4. The van der Waals surface area contributed by atoms with Gasteiger partial charge in [0.15, 0.2) is 17.4 Å². The lowest BCUT2D eigenvalue weighted by Crippen LogP contribution is -2.31. The van der Waals surface area contributed by atoms with Crippen molar-refractivity contribution in [2.24, 2.45) is 0 Å². The number of aliphatic hydroxyl groups excluding tert-OH is 1. The Morgan fingerprint density at radius 2 is 2.07 bits per heavy atom. The van der Waals surface area contributed by atoms with Gasteiger partial charge < -0.3 is 10.1 Å². The summed E-state index contributed by atoms with van der Waals surface area (Å²) in [7, 11) is 0. The van der Waals surface area contributed by atoms with Gasteiger partial charge in [0.25, 0.3) is 5.91 Å². The van der Waals surface area contributed by atoms with Crippen LogP contribution in [0.15, 0.2) is 54.1 Å². The second-order valence-electron chi connectivity index (χ2n) is 6.45. The number of benzene rings is 2. The van der Waals surface area contributed by atoms with E-state index in [0.717, 1.165) is 6.07 Å². The molecule has 0 bridgehead atoms. The standard InChI is InChI=1S/C20H17F2N3O2/c1-2-4-13-18(12-5-3-6-14(21)17(12)22)25(20(27)19(13)26)11-7-8-15-16(9-11)24-10-23-15/h3,5-10,18,26H,2,4H2,1H3,(H,23,24). The molecule has 2 N–H and O–H groups in total. The first-order valence-electron chi connectivity index (χ1n) is 8.65. The van der Waals surface area contributed by atoms with E-state index in [4.69, 9.17) is 0 Å². The van der Waals surface area contributed by atoms with Crippen molar-refractivity contribution in [3.05, 3.63) is 71.3 Å². The van der Waals surface area contributed by atoms with Gasteiger partial charge in [-0.15, -0.1) is 0 Å². The van der Waals surface area contributed by atoms with Gasteiger partial charge in [-0.05, 0) is 30.7 Å². The van der Waals surface area contributed by atoms with Crippen molar-refractivity contribution >= 4 is 22.6 Å². The Labute approximate surface area is 154 Å². The molecule has 1 unspecified atom stereocenters. The van der Waals surface area contributed by atoms with Gasteiger partial charge in [-0.1, -0.05) is 25.5 Å². The van der Waals surface area contributed by atoms with E-state index in [1.54, 1.807) is 18.2 Å². The number of carbonyl (C=O) groups excluding carboxylic acids is 1. The number of halogens is 2. The lowest BCUT2D eigenvalue weighted by molar-refractivity contribution is -0.117. The Kier molecular flexibility index (Phi) is 4.14. The highest BCUT2D eigenvalue weighted by Gasteiger charge is 2.42. The molecule has 0 spiro atoms. The number of amides is 1. The van der Waals surface area contributed by atoms with E-state index in [2.05, 4.69) is 9.97 Å². The third kappa shape index (κ3) is 2.66. The van der Waals surface area contributed by atoms with Crippen LogP contribution in [-0.2, 0) is 4.79 Å². The molecule has 5 nitrogen and oxygen atoms in total. The molecule has 0 saturated heterocycles. The molecule has 1 aliphatic heterocycles. The summed E-state index contributed by atoms with van der Waals surface area (Å²) in [6.07, 6.45) is 2.57. The molecular weight excluding hydrogens is 352 g/mol. The van der Waals surface area contributed by atoms with Crippen molar-refractivity contribution in [3.63, 3.8) is 0 Å². The van der Waals surface area contributed by atoms with E-state index in [-0.39, 0.29) is 5.56 Å². The number of aliphatic hydroxyl groups is 1. The van der Waals surface area contributed by atoms with Gasteiger partial charge in [-0.25, -0.2) is 13.8 Å². The molecule has 3 aromatic rings. The smallest absolute Gasteiger partial charge is 0.293 e. The average Bonchev–Trinajstić information content (AvgIpc) is 3.22. The first-order valence-corrected chi connectivity index (χ1v) is 8.65. The summed E-state index contributed by atoms with van der Waals surface area (Å²) < 4.78 is 28.4. The van der Waals surface area contributed by atoms with Crippen LogP contribution in [0.4, 0.5) is 14.5 Å². The van der Waals surface area contributed by atoms with E-state index in [1.165, 1.54) is 23.4 Å². The second-order valence-corrected chi connectivity index (χ2v) is 6.45. The number of hydrogen-bond acceptors (Lipinski definition) is 3. The van der Waals surface area contributed by atoms with Gasteiger partial charge in [0.1, 0.15) is 0 Å². The number of hydrogen-bond donors (Lipinski definition) is 2. The topological polar surface area (TPSA) is 69.2 Å². The maximum Gasteiger partial charge on any atom is 0.293 e. The molecule has 2 aromatic carbocycles. The number of aromatic amines is 1. The minimum Gasteiger partial charge on any atom is -0.503 e. The molecule has 4 rings (SSSR count). The highest BCUT2D eigenvalue weighted by Crippen LogP contribution is 2.43. The largest absolute Gasteiger partial charge is 0.503 e. The lowest BCUT2D eigenvalue weighted by atomic mass is 9.95. The second kappa shape index (κ2) is 6.50. The Hall–Kier alpha value is -3.22. The molecule has 0 radical (unpaired) electrons. The molecule has 138 valence electrons. The number of rotatable bonds is 4. The highest BCUT2D eigenvalue weighted by atomic mass is 19.2. The van der Waals surface area contributed by atoms with Crippen molar-refractivity contribution in [3.8, 4) is 0 Å². The van der Waals surface area contributed by atoms with Crippen molar-refractivity contribution < 1.29 is 18.7 Å². The van der Waals surface area contributed by atoms with E-state index in [0.29, 0.717) is 35.1 Å². The summed E-state index contributed by atoms with van der Waals surface area (Å²) >= 11 is 0. The fourth-order valence-electron chi connectivity index (χ4n) is 3.58. The number of nitrogens with zero attached hydrogens (tertiary/aromatic N) is 2. The van der Waals surface area contributed by atoms with Gasteiger partial charge in [-0.3, -0.25) is 9.69 Å². The molecule has 1 aromatic heterocycles. The third-order valence-electron chi connectivity index (χ3n) is 4.79. The van der Waals surface area contributed by atoms with E-state index in [9.17, 15) is 18.7 Å². The molecule has 0 fully saturated rings. The Bertz CT molecular complexity index is 1070. The lowest BCUT2D eigenvalue weighted by Gasteiger charge is -2.27. The van der Waals surface area contributed by atoms with Crippen LogP contribution in [0.3, 0.4) is 0 Å². The molecule has 1 atom stereocenters. The number of carbonyl (C=O) groups is 1.